The topological polar surface area (TPSA) is 98.7 Å². The molecule has 3 rings (SSSR count). The molecule has 1 heterocycles. The van der Waals surface area contributed by atoms with Gasteiger partial charge in [0.1, 0.15) is 12.0 Å². The third-order valence-electron chi connectivity index (χ3n) is 4.66. The maximum Gasteiger partial charge on any atom is 0.255 e. The zero-order chi connectivity index (χ0) is 20.5. The van der Waals surface area contributed by atoms with E-state index in [0.29, 0.717) is 24.2 Å². The Morgan fingerprint density at radius 1 is 1.25 bits per heavy atom. The van der Waals surface area contributed by atoms with Crippen LogP contribution in [0.1, 0.15) is 22.3 Å². The first kappa shape index (κ1) is 20.4. The van der Waals surface area contributed by atoms with E-state index in [0.717, 1.165) is 0 Å². The minimum Gasteiger partial charge on any atom is -0.378 e. The first-order valence-corrected chi connectivity index (χ1v) is 10.2. The third kappa shape index (κ3) is 4.56. The van der Waals surface area contributed by atoms with E-state index in [-0.39, 0.29) is 16.3 Å². The van der Waals surface area contributed by atoms with E-state index in [1.54, 1.807) is 18.9 Å². The number of sulfonamides is 1. The Bertz CT molecular complexity index is 986. The number of carbonyl (C=O) groups is 1. The molecular weight excluding hydrogens is 385 g/mol. The maximum absolute atomic E-state index is 13.4. The van der Waals surface area contributed by atoms with Gasteiger partial charge in [-0.1, -0.05) is 6.07 Å². The van der Waals surface area contributed by atoms with Crippen molar-refractivity contribution in [1.29, 1.82) is 0 Å². The van der Waals surface area contributed by atoms with Crippen molar-refractivity contribution in [3.8, 4) is 0 Å². The number of carbonyl (C=O) groups excluding carboxylic acids is 1. The molecule has 2 unspecified atom stereocenters. The van der Waals surface area contributed by atoms with Gasteiger partial charge in [0.2, 0.25) is 10.0 Å². The van der Waals surface area contributed by atoms with Crippen LogP contribution in [-0.4, -0.2) is 50.2 Å². The number of amides is 1. The molecule has 150 valence electrons. The van der Waals surface area contributed by atoms with Crippen molar-refractivity contribution in [2.45, 2.75) is 30.5 Å². The van der Waals surface area contributed by atoms with Gasteiger partial charge in [-0.3, -0.25) is 9.69 Å². The summed E-state index contributed by atoms with van der Waals surface area (Å²) in [4.78, 5) is 14.1. The quantitative estimate of drug-likeness (QED) is 0.701. The van der Waals surface area contributed by atoms with Crippen molar-refractivity contribution in [2.24, 2.45) is 0 Å². The van der Waals surface area contributed by atoms with Crippen molar-refractivity contribution in [1.82, 2.24) is 9.62 Å². The van der Waals surface area contributed by atoms with E-state index in [1.807, 2.05) is 0 Å². The Morgan fingerprint density at radius 3 is 2.64 bits per heavy atom. The first-order valence-electron chi connectivity index (χ1n) is 8.74. The Balaban J connectivity index is 1.75. The SMILES string of the molecule is Cc1cc(NC(=O)c2cccc(S(=O)(=O)NC3CC(O)N(C)C3)c2)ccc1F. The van der Waals surface area contributed by atoms with E-state index in [9.17, 15) is 22.7 Å². The first-order chi connectivity index (χ1) is 13.2. The molecule has 7 nitrogen and oxygen atoms in total. The molecule has 0 spiro atoms. The van der Waals surface area contributed by atoms with E-state index in [2.05, 4.69) is 10.0 Å². The zero-order valence-corrected chi connectivity index (χ0v) is 16.3. The van der Waals surface area contributed by atoms with Gasteiger partial charge in [0, 0.05) is 30.3 Å². The summed E-state index contributed by atoms with van der Waals surface area (Å²) in [7, 11) is -2.14. The zero-order valence-electron chi connectivity index (χ0n) is 15.5. The van der Waals surface area contributed by atoms with Gasteiger partial charge in [-0.25, -0.2) is 17.5 Å². The van der Waals surface area contributed by atoms with Gasteiger partial charge >= 0.3 is 0 Å². The maximum atomic E-state index is 13.4. The van der Waals surface area contributed by atoms with Crippen molar-refractivity contribution < 1.29 is 22.7 Å². The van der Waals surface area contributed by atoms with Gasteiger partial charge < -0.3 is 10.4 Å². The number of halogens is 1. The van der Waals surface area contributed by atoms with E-state index in [4.69, 9.17) is 0 Å². The Labute approximate surface area is 163 Å². The minimum absolute atomic E-state index is 0.0421. The van der Waals surface area contributed by atoms with E-state index < -0.39 is 28.2 Å². The van der Waals surface area contributed by atoms with Crippen LogP contribution in [-0.2, 0) is 10.0 Å². The van der Waals surface area contributed by atoms with Crippen LogP contribution in [0.4, 0.5) is 10.1 Å². The molecule has 0 saturated carbocycles. The number of nitrogens with zero attached hydrogens (tertiary/aromatic N) is 1. The molecule has 1 aliphatic heterocycles. The summed E-state index contributed by atoms with van der Waals surface area (Å²) < 4.78 is 41.2. The van der Waals surface area contributed by atoms with Gasteiger partial charge in [0.05, 0.1) is 4.90 Å². The van der Waals surface area contributed by atoms with Crippen molar-refractivity contribution in [3.63, 3.8) is 0 Å². The summed E-state index contributed by atoms with van der Waals surface area (Å²) in [5.41, 5.74) is 0.966. The van der Waals surface area contributed by atoms with Crippen molar-refractivity contribution in [3.05, 3.63) is 59.4 Å². The fourth-order valence-corrected chi connectivity index (χ4v) is 4.37. The van der Waals surface area contributed by atoms with Crippen LogP contribution in [0.3, 0.4) is 0 Å². The highest BCUT2D eigenvalue weighted by atomic mass is 32.2. The van der Waals surface area contributed by atoms with Crippen LogP contribution in [0.2, 0.25) is 0 Å². The summed E-state index contributed by atoms with van der Waals surface area (Å²) in [6.45, 7) is 1.98. The second-order valence-corrected chi connectivity index (χ2v) is 8.63. The molecule has 1 saturated heterocycles. The Morgan fingerprint density at radius 2 is 2.00 bits per heavy atom. The van der Waals surface area contributed by atoms with Gasteiger partial charge in [-0.15, -0.1) is 0 Å². The lowest BCUT2D eigenvalue weighted by Gasteiger charge is -2.14. The van der Waals surface area contributed by atoms with E-state index >= 15 is 0 Å². The number of aliphatic hydroxyl groups excluding tert-OH is 1. The summed E-state index contributed by atoms with van der Waals surface area (Å²) in [5, 5.41) is 12.4. The van der Waals surface area contributed by atoms with Crippen LogP contribution < -0.4 is 10.0 Å². The van der Waals surface area contributed by atoms with E-state index in [1.165, 1.54) is 42.5 Å². The lowest BCUT2D eigenvalue weighted by atomic mass is 10.2. The fourth-order valence-electron chi connectivity index (χ4n) is 3.08. The molecule has 2 atom stereocenters. The molecule has 2 aromatic carbocycles. The average Bonchev–Trinajstić information content (AvgIpc) is 2.95. The van der Waals surface area contributed by atoms with Gasteiger partial charge in [-0.2, -0.15) is 0 Å². The summed E-state index contributed by atoms with van der Waals surface area (Å²) >= 11 is 0. The summed E-state index contributed by atoms with van der Waals surface area (Å²) in [5.74, 6) is -0.876. The van der Waals surface area contributed by atoms with Crippen LogP contribution >= 0.6 is 0 Å². The molecule has 1 fully saturated rings. The molecule has 3 N–H and O–H groups in total. The number of likely N-dealkylation sites (tertiary alicyclic amines) is 1. The second kappa shape index (κ2) is 7.96. The van der Waals surface area contributed by atoms with Crippen LogP contribution in [0.15, 0.2) is 47.4 Å². The lowest BCUT2D eigenvalue weighted by molar-refractivity contribution is 0.0573. The van der Waals surface area contributed by atoms with Crippen molar-refractivity contribution in [2.75, 3.05) is 18.9 Å². The standard InChI is InChI=1S/C19H22FN3O4S/c1-12-8-14(6-7-17(12)20)21-19(25)13-4-3-5-16(9-13)28(26,27)22-15-10-18(24)23(2)11-15/h3-9,15,18,22,24H,10-11H2,1-2H3,(H,21,25). The number of anilines is 1. The molecule has 1 aliphatic rings. The fraction of sp³-hybridized carbons (Fsp3) is 0.316. The molecule has 1 amide bonds. The monoisotopic (exact) mass is 407 g/mol. The number of aryl methyl sites for hydroxylation is 1. The molecule has 0 bridgehead atoms. The molecule has 0 aromatic heterocycles. The largest absolute Gasteiger partial charge is 0.378 e. The van der Waals surface area contributed by atoms with Gasteiger partial charge in [0.15, 0.2) is 0 Å². The molecule has 0 aliphatic carbocycles. The van der Waals surface area contributed by atoms with Crippen LogP contribution in [0, 0.1) is 12.7 Å². The molecule has 2 aromatic rings. The number of likely N-dealkylation sites (N-methyl/N-ethyl adjacent to an activating group) is 1. The normalized spacial score (nSPS) is 20.3. The minimum atomic E-state index is -3.85. The van der Waals surface area contributed by atoms with Gasteiger partial charge in [-0.05, 0) is 55.9 Å². The number of hydrogen-bond acceptors (Lipinski definition) is 5. The molecule has 0 radical (unpaired) electrons. The third-order valence-corrected chi connectivity index (χ3v) is 6.17. The summed E-state index contributed by atoms with van der Waals surface area (Å²) in [6, 6.07) is 9.43. The average molecular weight is 407 g/mol. The highest BCUT2D eigenvalue weighted by Crippen LogP contribution is 2.19. The molecular formula is C19H22FN3O4S. The Hall–Kier alpha value is -2.33. The number of hydrogen-bond donors (Lipinski definition) is 3. The van der Waals surface area contributed by atoms with Crippen LogP contribution in [0.25, 0.3) is 0 Å². The Kier molecular flexibility index (Phi) is 5.80. The number of benzene rings is 2. The molecule has 28 heavy (non-hydrogen) atoms. The molecule has 9 heteroatoms. The predicted octanol–water partition coefficient (Wildman–Crippen LogP) is 1.69. The lowest BCUT2D eigenvalue weighted by Crippen LogP contribution is -2.36. The number of rotatable bonds is 5. The highest BCUT2D eigenvalue weighted by Gasteiger charge is 2.31. The number of nitrogens with one attached hydrogen (secondary N) is 2. The predicted molar refractivity (Wildman–Crippen MR) is 103 cm³/mol. The van der Waals surface area contributed by atoms with Gasteiger partial charge in [0.25, 0.3) is 5.91 Å². The van der Waals surface area contributed by atoms with Crippen LogP contribution in [0.5, 0.6) is 0 Å². The smallest absolute Gasteiger partial charge is 0.255 e. The highest BCUT2D eigenvalue weighted by molar-refractivity contribution is 7.89. The second-order valence-electron chi connectivity index (χ2n) is 6.92. The number of aliphatic hydroxyl groups is 1. The van der Waals surface area contributed by atoms with Crippen molar-refractivity contribution >= 4 is 21.6 Å². The summed E-state index contributed by atoms with van der Waals surface area (Å²) in [6.07, 6.45) is -0.399.